The van der Waals surface area contributed by atoms with Crippen molar-refractivity contribution in [2.45, 2.75) is 37.8 Å². The third kappa shape index (κ3) is 3.29. The van der Waals surface area contributed by atoms with Crippen LogP contribution in [-0.4, -0.2) is 57.2 Å². The van der Waals surface area contributed by atoms with Gasteiger partial charge >= 0.3 is 6.09 Å². The van der Waals surface area contributed by atoms with Gasteiger partial charge < -0.3 is 19.4 Å². The van der Waals surface area contributed by atoms with E-state index in [0.717, 1.165) is 18.4 Å². The minimum Gasteiger partial charge on any atom is -0.465 e. The van der Waals surface area contributed by atoms with E-state index in [1.807, 2.05) is 29.2 Å². The van der Waals surface area contributed by atoms with Crippen LogP contribution in [0.15, 0.2) is 41.1 Å². The van der Waals surface area contributed by atoms with Crippen molar-refractivity contribution in [1.29, 1.82) is 0 Å². The Bertz CT molecular complexity index is 776. The Labute approximate surface area is 151 Å². The molecular formula is C19H21N3O4. The predicted molar refractivity (Wildman–Crippen MR) is 93.8 cm³/mol. The van der Waals surface area contributed by atoms with E-state index >= 15 is 0 Å². The first-order valence-electron chi connectivity index (χ1n) is 8.95. The highest BCUT2D eigenvalue weighted by Gasteiger charge is 2.39. The summed E-state index contributed by atoms with van der Waals surface area (Å²) in [5.41, 5.74) is 1.53. The molecule has 26 heavy (non-hydrogen) atoms. The molecule has 2 amide bonds. The molecule has 1 saturated carbocycles. The summed E-state index contributed by atoms with van der Waals surface area (Å²) in [6.07, 6.45) is 4.17. The Morgan fingerprint density at radius 2 is 1.69 bits per heavy atom. The van der Waals surface area contributed by atoms with Crippen molar-refractivity contribution in [3.05, 3.63) is 42.1 Å². The third-order valence-corrected chi connectivity index (χ3v) is 5.16. The first kappa shape index (κ1) is 16.6. The van der Waals surface area contributed by atoms with Gasteiger partial charge in [-0.15, -0.1) is 0 Å². The number of piperidine rings is 1. The standard InChI is InChI=1S/C19H21N3O4/c23-18(14-3-1-13(2-4-14)17-7-10-20-26-17)22(15-5-6-15)16-8-11-21(12-9-16)19(24)25/h1-4,7,10,15-16H,5-6,8-9,11-12H2,(H,24,25). The van der Waals surface area contributed by atoms with Gasteiger partial charge in [-0.25, -0.2) is 4.79 Å². The summed E-state index contributed by atoms with van der Waals surface area (Å²) in [5, 5.41) is 12.8. The normalized spacial score (nSPS) is 17.9. The summed E-state index contributed by atoms with van der Waals surface area (Å²) in [4.78, 5) is 27.6. The summed E-state index contributed by atoms with van der Waals surface area (Å²) in [6, 6.07) is 9.56. The van der Waals surface area contributed by atoms with Gasteiger partial charge in [0.05, 0.1) is 6.20 Å². The molecule has 4 rings (SSSR count). The number of aromatic nitrogens is 1. The number of nitrogens with zero attached hydrogens (tertiary/aromatic N) is 3. The molecule has 1 saturated heterocycles. The van der Waals surface area contributed by atoms with Crippen LogP contribution in [0.25, 0.3) is 11.3 Å². The maximum atomic E-state index is 13.1. The molecule has 0 radical (unpaired) electrons. The molecule has 1 N–H and O–H groups in total. The maximum Gasteiger partial charge on any atom is 0.407 e. The lowest BCUT2D eigenvalue weighted by molar-refractivity contribution is 0.0551. The molecule has 2 fully saturated rings. The zero-order chi connectivity index (χ0) is 18.1. The lowest BCUT2D eigenvalue weighted by atomic mass is 10.0. The zero-order valence-corrected chi connectivity index (χ0v) is 14.4. The van der Waals surface area contributed by atoms with Gasteiger partial charge in [0.25, 0.3) is 5.91 Å². The van der Waals surface area contributed by atoms with Gasteiger partial charge in [0.15, 0.2) is 5.76 Å². The lowest BCUT2D eigenvalue weighted by Gasteiger charge is -2.38. The Morgan fingerprint density at radius 3 is 2.23 bits per heavy atom. The molecule has 136 valence electrons. The number of carbonyl (C=O) groups is 2. The van der Waals surface area contributed by atoms with E-state index in [0.29, 0.717) is 37.3 Å². The topological polar surface area (TPSA) is 86.9 Å². The molecule has 2 heterocycles. The number of amides is 2. The van der Waals surface area contributed by atoms with Gasteiger partial charge in [-0.2, -0.15) is 0 Å². The van der Waals surface area contributed by atoms with E-state index in [4.69, 9.17) is 9.63 Å². The van der Waals surface area contributed by atoms with Crippen LogP contribution in [-0.2, 0) is 0 Å². The fraction of sp³-hybridized carbons (Fsp3) is 0.421. The van der Waals surface area contributed by atoms with Crippen LogP contribution in [0.5, 0.6) is 0 Å². The van der Waals surface area contributed by atoms with E-state index in [9.17, 15) is 9.59 Å². The van der Waals surface area contributed by atoms with Crippen LogP contribution in [0.1, 0.15) is 36.0 Å². The second-order valence-electron chi connectivity index (χ2n) is 6.90. The van der Waals surface area contributed by atoms with Crippen molar-refractivity contribution in [1.82, 2.24) is 15.0 Å². The number of benzene rings is 1. The maximum absolute atomic E-state index is 13.1. The average molecular weight is 355 g/mol. The van der Waals surface area contributed by atoms with E-state index in [1.54, 1.807) is 12.3 Å². The number of hydrogen-bond acceptors (Lipinski definition) is 4. The molecule has 0 spiro atoms. The molecule has 1 aliphatic heterocycles. The first-order chi connectivity index (χ1) is 12.6. The zero-order valence-electron chi connectivity index (χ0n) is 14.4. The number of rotatable bonds is 4. The van der Waals surface area contributed by atoms with Gasteiger partial charge in [-0.05, 0) is 37.8 Å². The predicted octanol–water partition coefficient (Wildman–Crippen LogP) is 3.09. The van der Waals surface area contributed by atoms with E-state index in [2.05, 4.69) is 5.16 Å². The van der Waals surface area contributed by atoms with Crippen LogP contribution in [0.3, 0.4) is 0 Å². The Morgan fingerprint density at radius 1 is 1.04 bits per heavy atom. The number of likely N-dealkylation sites (tertiary alicyclic amines) is 1. The Kier molecular flexibility index (Phi) is 4.36. The summed E-state index contributed by atoms with van der Waals surface area (Å²) in [7, 11) is 0. The molecule has 2 aromatic rings. The fourth-order valence-electron chi connectivity index (χ4n) is 3.61. The minimum atomic E-state index is -0.879. The monoisotopic (exact) mass is 355 g/mol. The minimum absolute atomic E-state index is 0.0328. The van der Waals surface area contributed by atoms with Crippen LogP contribution >= 0.6 is 0 Å². The Hall–Kier alpha value is -2.83. The summed E-state index contributed by atoms with van der Waals surface area (Å²) in [5.74, 6) is 0.703. The van der Waals surface area contributed by atoms with Crippen LogP contribution in [0, 0.1) is 0 Å². The molecular weight excluding hydrogens is 334 g/mol. The molecule has 1 aromatic heterocycles. The van der Waals surface area contributed by atoms with Crippen molar-refractivity contribution in [3.8, 4) is 11.3 Å². The van der Waals surface area contributed by atoms with Crippen molar-refractivity contribution in [2.75, 3.05) is 13.1 Å². The van der Waals surface area contributed by atoms with E-state index < -0.39 is 6.09 Å². The largest absolute Gasteiger partial charge is 0.465 e. The molecule has 2 aliphatic rings. The van der Waals surface area contributed by atoms with Gasteiger partial charge in [-0.3, -0.25) is 4.79 Å². The molecule has 0 bridgehead atoms. The van der Waals surface area contributed by atoms with Crippen molar-refractivity contribution >= 4 is 12.0 Å². The lowest BCUT2D eigenvalue weighted by Crippen LogP contribution is -2.49. The molecule has 7 nitrogen and oxygen atoms in total. The van der Waals surface area contributed by atoms with Crippen molar-refractivity contribution < 1.29 is 19.2 Å². The van der Waals surface area contributed by atoms with E-state index in [-0.39, 0.29) is 18.0 Å². The summed E-state index contributed by atoms with van der Waals surface area (Å²) < 4.78 is 5.14. The average Bonchev–Trinajstić information content (AvgIpc) is 3.34. The second kappa shape index (κ2) is 6.82. The fourth-order valence-corrected chi connectivity index (χ4v) is 3.61. The number of carbonyl (C=O) groups excluding carboxylic acids is 1. The summed E-state index contributed by atoms with van der Waals surface area (Å²) >= 11 is 0. The highest BCUT2D eigenvalue weighted by molar-refractivity contribution is 5.95. The van der Waals surface area contributed by atoms with E-state index in [1.165, 1.54) is 4.90 Å². The molecule has 1 aromatic carbocycles. The summed E-state index contributed by atoms with van der Waals surface area (Å²) in [6.45, 7) is 0.974. The van der Waals surface area contributed by atoms with Crippen LogP contribution in [0.2, 0.25) is 0 Å². The highest BCUT2D eigenvalue weighted by Crippen LogP contribution is 2.33. The molecule has 7 heteroatoms. The number of hydrogen-bond donors (Lipinski definition) is 1. The van der Waals surface area contributed by atoms with Crippen LogP contribution < -0.4 is 0 Å². The van der Waals surface area contributed by atoms with Gasteiger partial charge in [0, 0.05) is 42.4 Å². The molecule has 0 unspecified atom stereocenters. The van der Waals surface area contributed by atoms with Crippen molar-refractivity contribution in [3.63, 3.8) is 0 Å². The molecule has 0 atom stereocenters. The SMILES string of the molecule is O=C(O)N1CCC(N(C(=O)c2ccc(-c3ccno3)cc2)C2CC2)CC1. The smallest absolute Gasteiger partial charge is 0.407 e. The first-order valence-corrected chi connectivity index (χ1v) is 8.95. The quantitative estimate of drug-likeness (QED) is 0.911. The van der Waals surface area contributed by atoms with Crippen molar-refractivity contribution in [2.24, 2.45) is 0 Å². The Balaban J connectivity index is 1.48. The van der Waals surface area contributed by atoms with Gasteiger partial charge in [-0.1, -0.05) is 17.3 Å². The highest BCUT2D eigenvalue weighted by atomic mass is 16.5. The van der Waals surface area contributed by atoms with Gasteiger partial charge in [0.2, 0.25) is 0 Å². The van der Waals surface area contributed by atoms with Crippen LogP contribution in [0.4, 0.5) is 4.79 Å². The third-order valence-electron chi connectivity index (χ3n) is 5.16. The molecule has 1 aliphatic carbocycles. The number of carboxylic acid groups (broad SMARTS) is 1. The van der Waals surface area contributed by atoms with Gasteiger partial charge in [0.1, 0.15) is 0 Å². The second-order valence-corrected chi connectivity index (χ2v) is 6.90.